The molecular weight excluding hydrogens is 286 g/mol. The van der Waals surface area contributed by atoms with Crippen molar-refractivity contribution in [3.8, 4) is 0 Å². The zero-order chi connectivity index (χ0) is 14.5. The van der Waals surface area contributed by atoms with Crippen LogP contribution in [0.25, 0.3) is 0 Å². The molecule has 0 atom stereocenters. The van der Waals surface area contributed by atoms with E-state index in [9.17, 15) is 17.2 Å². The van der Waals surface area contributed by atoms with Gasteiger partial charge in [-0.25, -0.2) is 21.9 Å². The van der Waals surface area contributed by atoms with Gasteiger partial charge in [-0.3, -0.25) is 0 Å². The SMILES string of the molecule is Nc1cc(F)c(F)c(S(=O)(=O)NCC2(C3CC3)CC2)c1. The fraction of sp³-hybridized carbons (Fsp3) is 0.538. The summed E-state index contributed by atoms with van der Waals surface area (Å²) >= 11 is 0. The number of nitrogens with two attached hydrogens (primary N) is 1. The van der Waals surface area contributed by atoms with Crippen molar-refractivity contribution in [3.05, 3.63) is 23.8 Å². The fourth-order valence-electron chi connectivity index (χ4n) is 2.68. The summed E-state index contributed by atoms with van der Waals surface area (Å²) in [5, 5.41) is 0. The van der Waals surface area contributed by atoms with Gasteiger partial charge >= 0.3 is 0 Å². The minimum atomic E-state index is -4.08. The van der Waals surface area contributed by atoms with Gasteiger partial charge in [0.25, 0.3) is 0 Å². The molecule has 0 unspecified atom stereocenters. The molecule has 0 heterocycles. The molecule has 3 N–H and O–H groups in total. The Morgan fingerprint density at radius 1 is 1.30 bits per heavy atom. The molecule has 0 bridgehead atoms. The third-order valence-corrected chi connectivity index (χ3v) is 5.66. The van der Waals surface area contributed by atoms with E-state index < -0.39 is 26.6 Å². The molecule has 4 nitrogen and oxygen atoms in total. The maximum Gasteiger partial charge on any atom is 0.243 e. The lowest BCUT2D eigenvalue weighted by Crippen LogP contribution is -2.32. The van der Waals surface area contributed by atoms with E-state index in [0.717, 1.165) is 37.8 Å². The van der Waals surface area contributed by atoms with Crippen molar-refractivity contribution in [1.82, 2.24) is 4.72 Å². The second kappa shape index (κ2) is 4.39. The van der Waals surface area contributed by atoms with Crippen molar-refractivity contribution >= 4 is 15.7 Å². The van der Waals surface area contributed by atoms with Crippen LogP contribution >= 0.6 is 0 Å². The molecule has 7 heteroatoms. The lowest BCUT2D eigenvalue weighted by atomic mass is 10.0. The summed E-state index contributed by atoms with van der Waals surface area (Å²) in [6, 6.07) is 1.71. The molecule has 2 aliphatic carbocycles. The minimum absolute atomic E-state index is 0.0441. The summed E-state index contributed by atoms with van der Waals surface area (Å²) in [6.45, 7) is 0.288. The second-order valence-corrected chi connectivity index (χ2v) is 7.51. The van der Waals surface area contributed by atoms with Crippen molar-refractivity contribution in [2.24, 2.45) is 11.3 Å². The van der Waals surface area contributed by atoms with Gasteiger partial charge in [-0.2, -0.15) is 0 Å². The Morgan fingerprint density at radius 3 is 2.50 bits per heavy atom. The Labute approximate surface area is 116 Å². The van der Waals surface area contributed by atoms with Gasteiger partial charge in [-0.1, -0.05) is 0 Å². The summed E-state index contributed by atoms with van der Waals surface area (Å²) in [6.07, 6.45) is 4.24. The summed E-state index contributed by atoms with van der Waals surface area (Å²) in [4.78, 5) is -0.721. The molecule has 1 aromatic rings. The summed E-state index contributed by atoms with van der Waals surface area (Å²) < 4.78 is 53.5. The lowest BCUT2D eigenvalue weighted by molar-refractivity contribution is 0.429. The second-order valence-electron chi connectivity index (χ2n) is 5.78. The minimum Gasteiger partial charge on any atom is -0.399 e. The monoisotopic (exact) mass is 302 g/mol. The number of sulfonamides is 1. The van der Waals surface area contributed by atoms with Gasteiger partial charge in [-0.15, -0.1) is 0 Å². The van der Waals surface area contributed by atoms with Crippen LogP contribution in [-0.2, 0) is 10.0 Å². The van der Waals surface area contributed by atoms with Gasteiger partial charge in [0.2, 0.25) is 10.0 Å². The normalized spacial score (nSPS) is 20.9. The molecule has 110 valence electrons. The highest BCUT2D eigenvalue weighted by molar-refractivity contribution is 7.89. The number of rotatable bonds is 5. The molecular formula is C13H16F2N2O2S. The highest BCUT2D eigenvalue weighted by atomic mass is 32.2. The average molecular weight is 302 g/mol. The van der Waals surface area contributed by atoms with Crippen LogP contribution in [-0.4, -0.2) is 15.0 Å². The van der Waals surface area contributed by atoms with Crippen LogP contribution in [0.2, 0.25) is 0 Å². The molecule has 2 fully saturated rings. The van der Waals surface area contributed by atoms with Gasteiger partial charge in [0, 0.05) is 12.2 Å². The molecule has 2 saturated carbocycles. The molecule has 0 aromatic heterocycles. The first-order chi connectivity index (χ1) is 9.34. The molecule has 0 radical (unpaired) electrons. The van der Waals surface area contributed by atoms with E-state index in [2.05, 4.69) is 4.72 Å². The number of halogens is 2. The van der Waals surface area contributed by atoms with Gasteiger partial charge < -0.3 is 5.73 Å². The van der Waals surface area contributed by atoms with E-state index in [1.54, 1.807) is 0 Å². The lowest BCUT2D eigenvalue weighted by Gasteiger charge is -2.15. The summed E-state index contributed by atoms with van der Waals surface area (Å²) in [5.74, 6) is -2.07. The predicted octanol–water partition coefficient (Wildman–Crippen LogP) is 2.02. The number of anilines is 1. The van der Waals surface area contributed by atoms with Crippen LogP contribution in [0.1, 0.15) is 25.7 Å². The number of hydrogen-bond donors (Lipinski definition) is 2. The Hall–Kier alpha value is -1.21. The molecule has 3 rings (SSSR count). The van der Waals surface area contributed by atoms with Crippen LogP contribution in [0.15, 0.2) is 17.0 Å². The van der Waals surface area contributed by atoms with E-state index in [1.165, 1.54) is 0 Å². The van der Waals surface area contributed by atoms with E-state index >= 15 is 0 Å². The smallest absolute Gasteiger partial charge is 0.243 e. The molecule has 2 aliphatic rings. The van der Waals surface area contributed by atoms with Crippen LogP contribution in [0.3, 0.4) is 0 Å². The van der Waals surface area contributed by atoms with Crippen molar-refractivity contribution in [2.75, 3.05) is 12.3 Å². The van der Waals surface area contributed by atoms with Gasteiger partial charge in [-0.05, 0) is 49.1 Å². The van der Waals surface area contributed by atoms with E-state index in [1.807, 2.05) is 0 Å². The Kier molecular flexibility index (Phi) is 3.02. The summed E-state index contributed by atoms with van der Waals surface area (Å²) in [7, 11) is -4.08. The van der Waals surface area contributed by atoms with Crippen LogP contribution in [0, 0.1) is 23.0 Å². The zero-order valence-corrected chi connectivity index (χ0v) is 11.6. The first-order valence-corrected chi connectivity index (χ1v) is 8.07. The highest BCUT2D eigenvalue weighted by Crippen LogP contribution is 2.60. The van der Waals surface area contributed by atoms with Gasteiger partial charge in [0.15, 0.2) is 11.6 Å². The third-order valence-electron chi connectivity index (χ3n) is 4.26. The van der Waals surface area contributed by atoms with E-state index in [4.69, 9.17) is 5.73 Å². The number of hydrogen-bond acceptors (Lipinski definition) is 3. The van der Waals surface area contributed by atoms with Crippen LogP contribution in [0.4, 0.5) is 14.5 Å². The Bertz CT molecular complexity index is 653. The van der Waals surface area contributed by atoms with Crippen LogP contribution in [0.5, 0.6) is 0 Å². The number of benzene rings is 1. The largest absolute Gasteiger partial charge is 0.399 e. The van der Waals surface area contributed by atoms with Crippen molar-refractivity contribution in [1.29, 1.82) is 0 Å². The van der Waals surface area contributed by atoms with E-state index in [-0.39, 0.29) is 17.6 Å². The maximum absolute atomic E-state index is 13.6. The van der Waals surface area contributed by atoms with Crippen molar-refractivity contribution < 1.29 is 17.2 Å². The first kappa shape index (κ1) is 13.8. The molecule has 0 spiro atoms. The predicted molar refractivity (Wildman–Crippen MR) is 70.3 cm³/mol. The maximum atomic E-state index is 13.6. The Balaban J connectivity index is 1.81. The summed E-state index contributed by atoms with van der Waals surface area (Å²) in [5.41, 5.74) is 5.30. The van der Waals surface area contributed by atoms with Gasteiger partial charge in [0.1, 0.15) is 4.90 Å². The van der Waals surface area contributed by atoms with Crippen LogP contribution < -0.4 is 10.5 Å². The third kappa shape index (κ3) is 2.40. The van der Waals surface area contributed by atoms with Crippen molar-refractivity contribution in [3.63, 3.8) is 0 Å². The zero-order valence-electron chi connectivity index (χ0n) is 10.8. The first-order valence-electron chi connectivity index (χ1n) is 6.58. The molecule has 0 amide bonds. The van der Waals surface area contributed by atoms with Crippen molar-refractivity contribution in [2.45, 2.75) is 30.6 Å². The fourth-order valence-corrected chi connectivity index (χ4v) is 3.94. The number of nitrogens with one attached hydrogen (secondary N) is 1. The number of nitrogen functional groups attached to an aromatic ring is 1. The molecule has 1 aromatic carbocycles. The quantitative estimate of drug-likeness (QED) is 0.817. The molecule has 0 saturated heterocycles. The standard InChI is InChI=1S/C13H16F2N2O2S/c14-10-5-9(16)6-11(12(10)15)20(18,19)17-7-13(3-4-13)8-1-2-8/h5-6,8,17H,1-4,7,16H2. The van der Waals surface area contributed by atoms with E-state index in [0.29, 0.717) is 5.92 Å². The topological polar surface area (TPSA) is 72.2 Å². The highest BCUT2D eigenvalue weighted by Gasteiger charge is 2.53. The average Bonchev–Trinajstić information content (AvgIpc) is 3.24. The molecule has 20 heavy (non-hydrogen) atoms. The Morgan fingerprint density at radius 2 is 1.95 bits per heavy atom. The molecule has 0 aliphatic heterocycles. The van der Waals surface area contributed by atoms with Gasteiger partial charge in [0.05, 0.1) is 0 Å².